The molecule has 0 spiro atoms. The number of halogens is 2. The van der Waals surface area contributed by atoms with E-state index in [4.69, 9.17) is 11.6 Å². The van der Waals surface area contributed by atoms with Crippen molar-refractivity contribution in [3.63, 3.8) is 0 Å². The van der Waals surface area contributed by atoms with Crippen LogP contribution < -0.4 is 0 Å². The second-order valence-corrected chi connectivity index (χ2v) is 4.08. The lowest BCUT2D eigenvalue weighted by Crippen LogP contribution is -1.94. The summed E-state index contributed by atoms with van der Waals surface area (Å²) in [6, 6.07) is 7.42. The van der Waals surface area contributed by atoms with Gasteiger partial charge in [-0.25, -0.2) is 4.39 Å². The highest BCUT2D eigenvalue weighted by atomic mass is 35.5. The minimum atomic E-state index is -0.759. The van der Waals surface area contributed by atoms with Gasteiger partial charge < -0.3 is 0 Å². The average Bonchev–Trinajstić information content (AvgIpc) is 2.03. The summed E-state index contributed by atoms with van der Waals surface area (Å²) in [5.74, 6) is 0.502. The van der Waals surface area contributed by atoms with Crippen molar-refractivity contribution in [1.82, 2.24) is 0 Å². The molecule has 1 aromatic carbocycles. The summed E-state index contributed by atoms with van der Waals surface area (Å²) >= 11 is 7.19. The average molecular weight is 205 g/mol. The molecular weight excluding hydrogens is 195 g/mol. The van der Waals surface area contributed by atoms with Gasteiger partial charge in [0, 0.05) is 15.7 Å². The van der Waals surface area contributed by atoms with Gasteiger partial charge in [0.05, 0.1) is 0 Å². The Bertz CT molecular complexity index is 233. The van der Waals surface area contributed by atoms with Gasteiger partial charge in [0.1, 0.15) is 6.17 Å². The predicted octanol–water partition coefficient (Wildman–Crippen LogP) is 3.79. The Labute approximate surface area is 81.1 Å². The monoisotopic (exact) mass is 204 g/mol. The highest BCUT2D eigenvalue weighted by Gasteiger charge is 1.99. The van der Waals surface area contributed by atoms with Crippen LogP contribution in [0.1, 0.15) is 6.92 Å². The number of benzene rings is 1. The van der Waals surface area contributed by atoms with Crippen molar-refractivity contribution in [2.24, 2.45) is 0 Å². The first-order valence-corrected chi connectivity index (χ1v) is 5.07. The van der Waals surface area contributed by atoms with E-state index in [2.05, 4.69) is 0 Å². The first-order chi connectivity index (χ1) is 5.68. The van der Waals surface area contributed by atoms with E-state index in [1.54, 1.807) is 6.92 Å². The Morgan fingerprint density at radius 1 is 1.42 bits per heavy atom. The lowest BCUT2D eigenvalue weighted by molar-refractivity contribution is 0.398. The van der Waals surface area contributed by atoms with E-state index in [0.29, 0.717) is 10.8 Å². The van der Waals surface area contributed by atoms with Gasteiger partial charge in [0.15, 0.2) is 0 Å². The number of hydrogen-bond acceptors (Lipinski definition) is 1. The molecule has 12 heavy (non-hydrogen) atoms. The Kier molecular flexibility index (Phi) is 3.89. The van der Waals surface area contributed by atoms with Gasteiger partial charge >= 0.3 is 0 Å². The Balaban J connectivity index is 2.48. The SMILES string of the molecule is CC(F)CSc1ccc(Cl)cc1. The fourth-order valence-electron chi connectivity index (χ4n) is 0.742. The smallest absolute Gasteiger partial charge is 0.107 e. The minimum absolute atomic E-state index is 0.502. The maximum absolute atomic E-state index is 12.4. The zero-order chi connectivity index (χ0) is 8.97. The third kappa shape index (κ3) is 3.46. The van der Waals surface area contributed by atoms with Crippen LogP contribution in [-0.4, -0.2) is 11.9 Å². The first kappa shape index (κ1) is 9.87. The van der Waals surface area contributed by atoms with Crippen LogP contribution in [0.2, 0.25) is 5.02 Å². The van der Waals surface area contributed by atoms with E-state index >= 15 is 0 Å². The molecule has 0 aliphatic rings. The van der Waals surface area contributed by atoms with Crippen molar-refractivity contribution in [1.29, 1.82) is 0 Å². The molecule has 1 unspecified atom stereocenters. The summed E-state index contributed by atoms with van der Waals surface area (Å²) in [6.45, 7) is 1.56. The molecule has 0 bridgehead atoms. The van der Waals surface area contributed by atoms with Crippen molar-refractivity contribution in [3.05, 3.63) is 29.3 Å². The summed E-state index contributed by atoms with van der Waals surface area (Å²) in [4.78, 5) is 1.06. The van der Waals surface area contributed by atoms with E-state index in [9.17, 15) is 4.39 Å². The van der Waals surface area contributed by atoms with Crippen LogP contribution in [0.15, 0.2) is 29.2 Å². The fraction of sp³-hybridized carbons (Fsp3) is 0.333. The van der Waals surface area contributed by atoms with Crippen LogP contribution in [0, 0.1) is 0 Å². The largest absolute Gasteiger partial charge is 0.247 e. The minimum Gasteiger partial charge on any atom is -0.247 e. The molecule has 0 aliphatic carbocycles. The molecule has 0 saturated carbocycles. The van der Waals surface area contributed by atoms with Crippen molar-refractivity contribution < 1.29 is 4.39 Å². The molecule has 0 saturated heterocycles. The van der Waals surface area contributed by atoms with E-state index in [0.717, 1.165) is 4.90 Å². The lowest BCUT2D eigenvalue weighted by Gasteiger charge is -2.01. The van der Waals surface area contributed by atoms with E-state index in [1.165, 1.54) is 11.8 Å². The zero-order valence-electron chi connectivity index (χ0n) is 6.76. The van der Waals surface area contributed by atoms with Gasteiger partial charge in [-0.3, -0.25) is 0 Å². The predicted molar refractivity (Wildman–Crippen MR) is 52.7 cm³/mol. The number of thioether (sulfide) groups is 1. The molecule has 1 atom stereocenters. The highest BCUT2D eigenvalue weighted by molar-refractivity contribution is 7.99. The molecule has 0 nitrogen and oxygen atoms in total. The highest BCUT2D eigenvalue weighted by Crippen LogP contribution is 2.21. The van der Waals surface area contributed by atoms with E-state index in [-0.39, 0.29) is 0 Å². The van der Waals surface area contributed by atoms with Gasteiger partial charge in [-0.05, 0) is 31.2 Å². The molecule has 0 heterocycles. The van der Waals surface area contributed by atoms with Crippen molar-refractivity contribution in [2.75, 3.05) is 5.75 Å². The molecule has 66 valence electrons. The molecule has 0 aliphatic heterocycles. The Morgan fingerprint density at radius 3 is 2.50 bits per heavy atom. The van der Waals surface area contributed by atoms with Crippen LogP contribution in [-0.2, 0) is 0 Å². The van der Waals surface area contributed by atoms with Crippen LogP contribution in [0.5, 0.6) is 0 Å². The first-order valence-electron chi connectivity index (χ1n) is 3.71. The van der Waals surface area contributed by atoms with Crippen LogP contribution in [0.25, 0.3) is 0 Å². The van der Waals surface area contributed by atoms with Gasteiger partial charge in [0.2, 0.25) is 0 Å². The van der Waals surface area contributed by atoms with Crippen molar-refractivity contribution >= 4 is 23.4 Å². The third-order valence-electron chi connectivity index (χ3n) is 1.29. The molecule has 1 aromatic rings. The summed E-state index contributed by atoms with van der Waals surface area (Å²) in [7, 11) is 0. The molecule has 3 heteroatoms. The summed E-state index contributed by atoms with van der Waals surface area (Å²) in [6.07, 6.45) is -0.759. The topological polar surface area (TPSA) is 0 Å². The Morgan fingerprint density at radius 2 is 2.00 bits per heavy atom. The maximum atomic E-state index is 12.4. The third-order valence-corrected chi connectivity index (χ3v) is 2.78. The standard InChI is InChI=1S/C9H10ClFS/c1-7(11)6-12-9-4-2-8(10)3-5-9/h2-5,7H,6H2,1H3. The zero-order valence-corrected chi connectivity index (χ0v) is 8.33. The summed E-state index contributed by atoms with van der Waals surface area (Å²) in [5.41, 5.74) is 0. The molecule has 0 amide bonds. The van der Waals surface area contributed by atoms with Gasteiger partial charge in [0.25, 0.3) is 0 Å². The fourth-order valence-corrected chi connectivity index (χ4v) is 1.62. The van der Waals surface area contributed by atoms with Crippen molar-refractivity contribution in [2.45, 2.75) is 18.0 Å². The molecule has 0 aromatic heterocycles. The van der Waals surface area contributed by atoms with Crippen molar-refractivity contribution in [3.8, 4) is 0 Å². The normalized spacial score (nSPS) is 12.9. The summed E-state index contributed by atoms with van der Waals surface area (Å²) in [5, 5.41) is 0.715. The molecule has 0 radical (unpaired) electrons. The quantitative estimate of drug-likeness (QED) is 0.676. The number of hydrogen-bond donors (Lipinski definition) is 0. The second-order valence-electron chi connectivity index (χ2n) is 2.55. The second kappa shape index (κ2) is 4.73. The summed E-state index contributed by atoms with van der Waals surface area (Å²) < 4.78 is 12.4. The molecular formula is C9H10ClFS. The molecule has 0 fully saturated rings. The lowest BCUT2D eigenvalue weighted by atomic mass is 10.4. The molecule has 0 N–H and O–H groups in total. The van der Waals surface area contributed by atoms with Gasteiger partial charge in [-0.15, -0.1) is 11.8 Å². The van der Waals surface area contributed by atoms with Crippen LogP contribution >= 0.6 is 23.4 Å². The van der Waals surface area contributed by atoms with E-state index < -0.39 is 6.17 Å². The van der Waals surface area contributed by atoms with Crippen LogP contribution in [0.4, 0.5) is 4.39 Å². The Hall–Kier alpha value is -0.210. The van der Waals surface area contributed by atoms with E-state index in [1.807, 2.05) is 24.3 Å². The van der Waals surface area contributed by atoms with Gasteiger partial charge in [-0.1, -0.05) is 11.6 Å². The number of rotatable bonds is 3. The molecule has 1 rings (SSSR count). The van der Waals surface area contributed by atoms with Gasteiger partial charge in [-0.2, -0.15) is 0 Å². The number of alkyl halides is 1. The van der Waals surface area contributed by atoms with Crippen LogP contribution in [0.3, 0.4) is 0 Å². The maximum Gasteiger partial charge on any atom is 0.107 e.